The van der Waals surface area contributed by atoms with E-state index in [9.17, 15) is 14.7 Å². The summed E-state index contributed by atoms with van der Waals surface area (Å²) in [6.45, 7) is 1.28. The Labute approximate surface area is 157 Å². The second kappa shape index (κ2) is 7.13. The quantitative estimate of drug-likeness (QED) is 0.845. The maximum Gasteiger partial charge on any atom is 0.310 e. The Balaban J connectivity index is 1.35. The number of hydrogen-bond acceptors (Lipinski definition) is 4. The van der Waals surface area contributed by atoms with Crippen molar-refractivity contribution in [3.63, 3.8) is 0 Å². The first-order valence-electron chi connectivity index (χ1n) is 9.56. The van der Waals surface area contributed by atoms with E-state index in [0.29, 0.717) is 31.8 Å². The molecule has 1 saturated carbocycles. The molecule has 1 aromatic carbocycles. The summed E-state index contributed by atoms with van der Waals surface area (Å²) in [6, 6.07) is 9.84. The van der Waals surface area contributed by atoms with Crippen molar-refractivity contribution in [3.05, 3.63) is 36.2 Å². The number of aliphatic carboxylic acids is 1. The molecule has 7 heteroatoms. The molecule has 2 aliphatic rings. The molecule has 1 aliphatic heterocycles. The number of H-pyrrole nitrogens is 1. The second-order valence-electron chi connectivity index (χ2n) is 7.68. The molecular formula is C20H24N4O3. The van der Waals surface area contributed by atoms with Gasteiger partial charge in [0.15, 0.2) is 5.82 Å². The van der Waals surface area contributed by atoms with Gasteiger partial charge in [0.25, 0.3) is 0 Å². The molecule has 1 aromatic heterocycles. The number of amides is 1. The summed E-state index contributed by atoms with van der Waals surface area (Å²) in [5.41, 5.74) is 0.163. The van der Waals surface area contributed by atoms with E-state index in [1.54, 1.807) is 0 Å². The summed E-state index contributed by atoms with van der Waals surface area (Å²) in [4.78, 5) is 30.5. The minimum absolute atomic E-state index is 0.0295. The number of aromatic nitrogens is 3. The van der Waals surface area contributed by atoms with Gasteiger partial charge >= 0.3 is 5.97 Å². The lowest BCUT2D eigenvalue weighted by molar-refractivity contribution is -0.159. The standard InChI is InChI=1S/C20H24N4O3/c25-16(13-20(19(26)27)9-4-10-20)24-11-7-15(8-12-24)18-21-17(22-23-18)14-5-2-1-3-6-14/h1-3,5-6,15H,4,7-13H2,(H,26,27)(H,21,22,23). The number of likely N-dealkylation sites (tertiary alicyclic amines) is 1. The highest BCUT2D eigenvalue weighted by molar-refractivity contribution is 5.85. The van der Waals surface area contributed by atoms with Crippen molar-refractivity contribution >= 4 is 11.9 Å². The van der Waals surface area contributed by atoms with Gasteiger partial charge in [-0.3, -0.25) is 14.7 Å². The minimum atomic E-state index is -0.827. The zero-order chi connectivity index (χ0) is 18.9. The van der Waals surface area contributed by atoms with Crippen molar-refractivity contribution in [2.75, 3.05) is 13.1 Å². The molecule has 2 aromatic rings. The van der Waals surface area contributed by atoms with E-state index in [1.807, 2.05) is 35.2 Å². The van der Waals surface area contributed by atoms with Crippen molar-refractivity contribution < 1.29 is 14.7 Å². The number of benzene rings is 1. The first-order chi connectivity index (χ1) is 13.1. The molecule has 27 heavy (non-hydrogen) atoms. The third-order valence-electron chi connectivity index (χ3n) is 6.02. The van der Waals surface area contributed by atoms with Gasteiger partial charge in [0.05, 0.1) is 5.41 Å². The van der Waals surface area contributed by atoms with Crippen LogP contribution in [-0.2, 0) is 9.59 Å². The van der Waals surface area contributed by atoms with Gasteiger partial charge in [-0.25, -0.2) is 4.98 Å². The highest BCUT2D eigenvalue weighted by Crippen LogP contribution is 2.44. The number of hydrogen-bond donors (Lipinski definition) is 2. The van der Waals surface area contributed by atoms with E-state index in [4.69, 9.17) is 0 Å². The van der Waals surface area contributed by atoms with Crippen LogP contribution in [0.1, 0.15) is 50.3 Å². The van der Waals surface area contributed by atoms with Crippen LogP contribution in [0, 0.1) is 5.41 Å². The summed E-state index contributed by atoms with van der Waals surface area (Å²) >= 11 is 0. The number of carboxylic acid groups (broad SMARTS) is 1. The van der Waals surface area contributed by atoms with Crippen LogP contribution in [-0.4, -0.2) is 50.2 Å². The number of nitrogens with one attached hydrogen (secondary N) is 1. The molecule has 0 spiro atoms. The molecule has 0 atom stereocenters. The number of nitrogens with zero attached hydrogens (tertiary/aromatic N) is 3. The van der Waals surface area contributed by atoms with E-state index in [2.05, 4.69) is 15.2 Å². The molecule has 4 rings (SSSR count). The summed E-state index contributed by atoms with van der Waals surface area (Å²) < 4.78 is 0. The molecule has 2 N–H and O–H groups in total. The average molecular weight is 368 g/mol. The van der Waals surface area contributed by atoms with Gasteiger partial charge < -0.3 is 10.0 Å². The third-order valence-corrected chi connectivity index (χ3v) is 6.02. The number of rotatable bonds is 5. The van der Waals surface area contributed by atoms with Crippen molar-refractivity contribution in [1.29, 1.82) is 0 Å². The van der Waals surface area contributed by atoms with Gasteiger partial charge in [-0.1, -0.05) is 36.8 Å². The van der Waals surface area contributed by atoms with E-state index in [1.165, 1.54) is 0 Å². The molecule has 1 amide bonds. The van der Waals surface area contributed by atoms with Gasteiger partial charge in [-0.2, -0.15) is 5.10 Å². The van der Waals surface area contributed by atoms with E-state index >= 15 is 0 Å². The molecule has 7 nitrogen and oxygen atoms in total. The molecule has 2 fully saturated rings. The van der Waals surface area contributed by atoms with Gasteiger partial charge in [0, 0.05) is 31.0 Å². The molecule has 2 heterocycles. The monoisotopic (exact) mass is 368 g/mol. The first-order valence-corrected chi connectivity index (χ1v) is 9.56. The van der Waals surface area contributed by atoms with Crippen molar-refractivity contribution in [1.82, 2.24) is 20.1 Å². The fourth-order valence-corrected chi connectivity index (χ4v) is 4.05. The zero-order valence-electron chi connectivity index (χ0n) is 15.2. The molecule has 1 saturated heterocycles. The predicted molar refractivity (Wildman–Crippen MR) is 98.9 cm³/mol. The molecule has 142 valence electrons. The van der Waals surface area contributed by atoms with Crippen LogP contribution in [0.4, 0.5) is 0 Å². The fraction of sp³-hybridized carbons (Fsp3) is 0.500. The number of piperidine rings is 1. The van der Waals surface area contributed by atoms with E-state index in [-0.39, 0.29) is 18.2 Å². The zero-order valence-corrected chi connectivity index (χ0v) is 15.2. The number of carboxylic acids is 1. The Hall–Kier alpha value is -2.70. The van der Waals surface area contributed by atoms with Crippen LogP contribution >= 0.6 is 0 Å². The van der Waals surface area contributed by atoms with Gasteiger partial charge in [-0.05, 0) is 25.7 Å². The van der Waals surface area contributed by atoms with Crippen molar-refractivity contribution in [3.8, 4) is 11.4 Å². The van der Waals surface area contributed by atoms with Crippen LogP contribution in [0.5, 0.6) is 0 Å². The number of carbonyl (C=O) groups is 2. The average Bonchev–Trinajstić information content (AvgIpc) is 3.15. The summed E-state index contributed by atoms with van der Waals surface area (Å²) in [7, 11) is 0. The Morgan fingerprint density at radius 2 is 1.89 bits per heavy atom. The van der Waals surface area contributed by atoms with Crippen LogP contribution in [0.3, 0.4) is 0 Å². The van der Waals surface area contributed by atoms with Crippen LogP contribution < -0.4 is 0 Å². The normalized spacial score (nSPS) is 19.5. The highest BCUT2D eigenvalue weighted by atomic mass is 16.4. The SMILES string of the molecule is O=C(CC1(C(=O)O)CCC1)N1CCC(c2nc(-c3ccccc3)n[nH]2)CC1. The molecule has 0 unspecified atom stereocenters. The van der Waals surface area contributed by atoms with Crippen LogP contribution in [0.2, 0.25) is 0 Å². The lowest BCUT2D eigenvalue weighted by atomic mass is 9.66. The van der Waals surface area contributed by atoms with Crippen LogP contribution in [0.25, 0.3) is 11.4 Å². The highest BCUT2D eigenvalue weighted by Gasteiger charge is 2.46. The van der Waals surface area contributed by atoms with E-state index in [0.717, 1.165) is 30.7 Å². The largest absolute Gasteiger partial charge is 0.481 e. The van der Waals surface area contributed by atoms with Gasteiger partial charge in [-0.15, -0.1) is 0 Å². The Bertz CT molecular complexity index is 821. The topological polar surface area (TPSA) is 99.2 Å². The van der Waals surface area contributed by atoms with Gasteiger partial charge in [0.1, 0.15) is 5.82 Å². The lowest BCUT2D eigenvalue weighted by Crippen LogP contribution is -2.45. The smallest absolute Gasteiger partial charge is 0.310 e. The fourth-order valence-electron chi connectivity index (χ4n) is 4.05. The first kappa shape index (κ1) is 17.7. The van der Waals surface area contributed by atoms with Crippen molar-refractivity contribution in [2.24, 2.45) is 5.41 Å². The Morgan fingerprint density at radius 3 is 2.48 bits per heavy atom. The maximum atomic E-state index is 12.6. The molecule has 1 aliphatic carbocycles. The summed E-state index contributed by atoms with van der Waals surface area (Å²) in [6.07, 6.45) is 3.89. The second-order valence-corrected chi connectivity index (χ2v) is 7.68. The molecular weight excluding hydrogens is 344 g/mol. The Kier molecular flexibility index (Phi) is 4.68. The molecule has 0 radical (unpaired) electrons. The van der Waals surface area contributed by atoms with E-state index < -0.39 is 11.4 Å². The number of aromatic amines is 1. The third kappa shape index (κ3) is 3.46. The Morgan fingerprint density at radius 1 is 1.19 bits per heavy atom. The maximum absolute atomic E-state index is 12.6. The van der Waals surface area contributed by atoms with Crippen LogP contribution in [0.15, 0.2) is 30.3 Å². The summed E-state index contributed by atoms with van der Waals surface area (Å²) in [5, 5.41) is 16.8. The van der Waals surface area contributed by atoms with Gasteiger partial charge in [0.2, 0.25) is 5.91 Å². The number of carbonyl (C=O) groups excluding carboxylic acids is 1. The molecule has 0 bridgehead atoms. The predicted octanol–water partition coefficient (Wildman–Crippen LogP) is 2.82. The van der Waals surface area contributed by atoms with Crippen molar-refractivity contribution in [2.45, 2.75) is 44.4 Å². The minimum Gasteiger partial charge on any atom is -0.481 e. The summed E-state index contributed by atoms with van der Waals surface area (Å²) in [5.74, 6) is 0.945. The lowest BCUT2D eigenvalue weighted by Gasteiger charge is -2.39.